The molecule has 0 saturated carbocycles. The molecular weight excluding hydrogens is 248 g/mol. The molecule has 18 heavy (non-hydrogen) atoms. The van der Waals surface area contributed by atoms with E-state index in [0.717, 1.165) is 12.1 Å². The smallest absolute Gasteiger partial charge is 0.385 e. The fraction of sp³-hybridized carbons (Fsp3) is 0.538. The van der Waals surface area contributed by atoms with Crippen molar-refractivity contribution in [3.63, 3.8) is 0 Å². The molecule has 1 unspecified atom stereocenters. The van der Waals surface area contributed by atoms with E-state index in [1.165, 1.54) is 6.92 Å². The molecule has 0 aromatic heterocycles. The van der Waals surface area contributed by atoms with Crippen LogP contribution in [0.5, 0.6) is 0 Å². The highest BCUT2D eigenvalue weighted by atomic mass is 19.4. The van der Waals surface area contributed by atoms with Gasteiger partial charge in [-0.3, -0.25) is 0 Å². The van der Waals surface area contributed by atoms with Crippen LogP contribution in [0.1, 0.15) is 38.8 Å². The summed E-state index contributed by atoms with van der Waals surface area (Å²) in [7, 11) is 0. The Balaban J connectivity index is 3.29. The van der Waals surface area contributed by atoms with E-state index >= 15 is 0 Å². The number of benzene rings is 1. The van der Waals surface area contributed by atoms with Crippen LogP contribution in [-0.4, -0.2) is 5.11 Å². The molecule has 0 aliphatic rings. The van der Waals surface area contributed by atoms with Crippen molar-refractivity contribution in [3.05, 3.63) is 35.1 Å². The lowest BCUT2D eigenvalue weighted by Gasteiger charge is -2.37. The van der Waals surface area contributed by atoms with Gasteiger partial charge in [-0.1, -0.05) is 26.8 Å². The molecule has 0 aliphatic carbocycles. The first-order chi connectivity index (χ1) is 7.87. The maximum Gasteiger partial charge on any atom is 0.419 e. The molecule has 1 rings (SSSR count). The van der Waals surface area contributed by atoms with Gasteiger partial charge >= 0.3 is 6.18 Å². The summed E-state index contributed by atoms with van der Waals surface area (Å²) in [5.74, 6) is -1.37. The molecule has 0 saturated heterocycles. The fourth-order valence-electron chi connectivity index (χ4n) is 1.48. The zero-order chi connectivity index (χ0) is 14.4. The van der Waals surface area contributed by atoms with Gasteiger partial charge in [-0.2, -0.15) is 13.2 Å². The Hall–Kier alpha value is -1.10. The summed E-state index contributed by atoms with van der Waals surface area (Å²) < 4.78 is 50.7. The van der Waals surface area contributed by atoms with Crippen molar-refractivity contribution in [2.45, 2.75) is 39.5 Å². The standard InChI is InChI=1S/C13H16F4O/c1-11(2,3)12(4,18)8-5-6-9(10(14)7-8)13(15,16)17/h5-7,18H,1-4H3. The van der Waals surface area contributed by atoms with Crippen LogP contribution >= 0.6 is 0 Å². The van der Waals surface area contributed by atoms with E-state index in [1.807, 2.05) is 0 Å². The third-order valence-corrected chi connectivity index (χ3v) is 3.30. The molecule has 1 nitrogen and oxygen atoms in total. The van der Waals surface area contributed by atoms with Gasteiger partial charge in [0, 0.05) is 0 Å². The quantitative estimate of drug-likeness (QED) is 0.757. The van der Waals surface area contributed by atoms with Crippen LogP contribution in [0.25, 0.3) is 0 Å². The SMILES string of the molecule is CC(C)(C)C(C)(O)c1ccc(C(F)(F)F)c(F)c1. The lowest BCUT2D eigenvalue weighted by atomic mass is 9.73. The highest BCUT2D eigenvalue weighted by molar-refractivity contribution is 5.31. The van der Waals surface area contributed by atoms with Gasteiger partial charge < -0.3 is 5.11 Å². The Labute approximate surface area is 103 Å². The molecule has 1 N–H and O–H groups in total. The van der Waals surface area contributed by atoms with Gasteiger partial charge in [-0.15, -0.1) is 0 Å². The van der Waals surface area contributed by atoms with Gasteiger partial charge in [0.1, 0.15) is 5.82 Å². The summed E-state index contributed by atoms with van der Waals surface area (Å²) in [6.45, 7) is 6.63. The van der Waals surface area contributed by atoms with Crippen molar-refractivity contribution in [2.75, 3.05) is 0 Å². The Morgan fingerprint density at radius 1 is 1.00 bits per heavy atom. The van der Waals surface area contributed by atoms with Gasteiger partial charge in [0.05, 0.1) is 11.2 Å². The predicted octanol–water partition coefficient (Wildman–Crippen LogP) is 4.10. The first kappa shape index (κ1) is 15.0. The van der Waals surface area contributed by atoms with E-state index in [0.29, 0.717) is 6.07 Å². The lowest BCUT2D eigenvalue weighted by molar-refractivity contribution is -0.140. The lowest BCUT2D eigenvalue weighted by Crippen LogP contribution is -2.37. The van der Waals surface area contributed by atoms with Crippen LogP contribution in [0.4, 0.5) is 17.6 Å². The van der Waals surface area contributed by atoms with Crippen molar-refractivity contribution >= 4 is 0 Å². The van der Waals surface area contributed by atoms with Gasteiger partial charge in [0.2, 0.25) is 0 Å². The van der Waals surface area contributed by atoms with Crippen molar-refractivity contribution in [3.8, 4) is 0 Å². The van der Waals surface area contributed by atoms with E-state index in [9.17, 15) is 22.7 Å². The third kappa shape index (κ3) is 2.66. The second-order valence-corrected chi connectivity index (χ2v) is 5.51. The molecule has 0 radical (unpaired) electrons. The van der Waals surface area contributed by atoms with Crippen LogP contribution in [-0.2, 0) is 11.8 Å². The molecule has 102 valence electrons. The van der Waals surface area contributed by atoms with E-state index in [4.69, 9.17) is 0 Å². The van der Waals surface area contributed by atoms with Crippen LogP contribution in [0.15, 0.2) is 18.2 Å². The minimum absolute atomic E-state index is 0.125. The van der Waals surface area contributed by atoms with Gasteiger partial charge in [0.25, 0.3) is 0 Å². The van der Waals surface area contributed by atoms with Crippen molar-refractivity contribution in [1.82, 2.24) is 0 Å². The Morgan fingerprint density at radius 3 is 1.83 bits per heavy atom. The summed E-state index contributed by atoms with van der Waals surface area (Å²) in [6.07, 6.45) is -4.73. The molecule has 1 aromatic carbocycles. The molecule has 0 spiro atoms. The van der Waals surface area contributed by atoms with E-state index in [2.05, 4.69) is 0 Å². The van der Waals surface area contributed by atoms with Gasteiger partial charge in [-0.05, 0) is 30.0 Å². The highest BCUT2D eigenvalue weighted by Gasteiger charge is 2.39. The summed E-state index contributed by atoms with van der Waals surface area (Å²) in [4.78, 5) is 0. The number of rotatable bonds is 1. The van der Waals surface area contributed by atoms with Gasteiger partial charge in [0.15, 0.2) is 0 Å². The average Bonchev–Trinajstić information content (AvgIpc) is 2.13. The van der Waals surface area contributed by atoms with Crippen molar-refractivity contribution < 1.29 is 22.7 Å². The topological polar surface area (TPSA) is 20.2 Å². The summed E-state index contributed by atoms with van der Waals surface area (Å²) in [5.41, 5.74) is -3.24. The normalized spacial score (nSPS) is 16.5. The molecule has 1 atom stereocenters. The number of hydrogen-bond acceptors (Lipinski definition) is 1. The number of alkyl halides is 3. The Morgan fingerprint density at radius 2 is 1.50 bits per heavy atom. The maximum atomic E-state index is 13.4. The molecule has 0 amide bonds. The van der Waals surface area contributed by atoms with E-state index < -0.39 is 28.6 Å². The van der Waals surface area contributed by atoms with Crippen LogP contribution in [0.3, 0.4) is 0 Å². The highest BCUT2D eigenvalue weighted by Crippen LogP contribution is 2.40. The van der Waals surface area contributed by atoms with E-state index in [-0.39, 0.29) is 5.56 Å². The van der Waals surface area contributed by atoms with Crippen LogP contribution < -0.4 is 0 Å². The zero-order valence-corrected chi connectivity index (χ0v) is 10.7. The molecule has 5 heteroatoms. The van der Waals surface area contributed by atoms with E-state index in [1.54, 1.807) is 20.8 Å². The second kappa shape index (κ2) is 4.23. The monoisotopic (exact) mass is 264 g/mol. The summed E-state index contributed by atoms with van der Waals surface area (Å²) in [5, 5.41) is 10.3. The molecule has 0 bridgehead atoms. The largest absolute Gasteiger partial charge is 0.419 e. The number of halogens is 4. The first-order valence-corrected chi connectivity index (χ1v) is 5.47. The summed E-state index contributed by atoms with van der Waals surface area (Å²) in [6, 6.07) is 2.51. The Bertz CT molecular complexity index is 441. The second-order valence-electron chi connectivity index (χ2n) is 5.51. The van der Waals surface area contributed by atoms with Crippen molar-refractivity contribution in [1.29, 1.82) is 0 Å². The van der Waals surface area contributed by atoms with Crippen molar-refractivity contribution in [2.24, 2.45) is 5.41 Å². The van der Waals surface area contributed by atoms with Crippen LogP contribution in [0, 0.1) is 11.2 Å². The third-order valence-electron chi connectivity index (χ3n) is 3.30. The minimum Gasteiger partial charge on any atom is -0.385 e. The first-order valence-electron chi connectivity index (χ1n) is 5.47. The van der Waals surface area contributed by atoms with Crippen LogP contribution in [0.2, 0.25) is 0 Å². The molecule has 1 aromatic rings. The Kier molecular flexibility index (Phi) is 3.51. The number of aliphatic hydroxyl groups is 1. The molecule has 0 heterocycles. The zero-order valence-electron chi connectivity index (χ0n) is 10.7. The molecule has 0 aliphatic heterocycles. The molecular formula is C13H16F4O. The maximum absolute atomic E-state index is 13.4. The summed E-state index contributed by atoms with van der Waals surface area (Å²) >= 11 is 0. The predicted molar refractivity (Wildman–Crippen MR) is 60.4 cm³/mol. The minimum atomic E-state index is -4.73. The molecule has 0 fully saturated rings. The average molecular weight is 264 g/mol. The van der Waals surface area contributed by atoms with Gasteiger partial charge in [-0.25, -0.2) is 4.39 Å². The fourth-order valence-corrected chi connectivity index (χ4v) is 1.48. The number of hydrogen-bond donors (Lipinski definition) is 1.